The average Bonchev–Trinajstić information content (AvgIpc) is 2.95. The van der Waals surface area contributed by atoms with E-state index in [4.69, 9.17) is 9.83 Å². The fourth-order valence-corrected chi connectivity index (χ4v) is 3.46. The fourth-order valence-electron chi connectivity index (χ4n) is 3.46. The van der Waals surface area contributed by atoms with Gasteiger partial charge in [0.15, 0.2) is 11.6 Å². The van der Waals surface area contributed by atoms with Crippen molar-refractivity contribution in [2.75, 3.05) is 12.4 Å². The number of nitrogens with one attached hydrogen (secondary N) is 1. The second kappa shape index (κ2) is 6.98. The first kappa shape index (κ1) is 18.0. The minimum atomic E-state index is -1.01. The summed E-state index contributed by atoms with van der Waals surface area (Å²) in [6.07, 6.45) is 0.0429. The van der Waals surface area contributed by atoms with Crippen molar-refractivity contribution in [3.63, 3.8) is 0 Å². The number of aliphatic imine (C=N–C) groups is 1. The Hall–Kier alpha value is -3.38. The predicted octanol–water partition coefficient (Wildman–Crippen LogP) is 3.91. The molecule has 0 bridgehead atoms. The molecule has 4 rings (SSSR count). The fraction of sp³-hybridized carbons (Fsp3) is 0.182. The van der Waals surface area contributed by atoms with Crippen LogP contribution in [0, 0.1) is 0 Å². The molecule has 1 atom stereocenters. The van der Waals surface area contributed by atoms with Crippen LogP contribution in [-0.2, 0) is 9.63 Å². The second-order valence-corrected chi connectivity index (χ2v) is 7.00. The molecule has 3 aromatic carbocycles. The number of amidine groups is 1. The molecule has 0 saturated heterocycles. The van der Waals surface area contributed by atoms with Gasteiger partial charge in [-0.2, -0.15) is 0 Å². The summed E-state index contributed by atoms with van der Waals surface area (Å²) in [6, 6.07) is 20.6. The first-order valence-electron chi connectivity index (χ1n) is 9.03. The van der Waals surface area contributed by atoms with Crippen molar-refractivity contribution in [2.45, 2.75) is 19.1 Å². The lowest BCUT2D eigenvalue weighted by molar-refractivity contribution is -0.164. The number of fused-ring (bicyclic) bond motifs is 1. The van der Waals surface area contributed by atoms with Crippen molar-refractivity contribution < 1.29 is 14.7 Å². The van der Waals surface area contributed by atoms with Gasteiger partial charge in [-0.3, -0.25) is 4.79 Å². The van der Waals surface area contributed by atoms with Gasteiger partial charge in [-0.1, -0.05) is 48.5 Å². The normalized spacial score (nSPS) is 18.9. The number of hydroxylamine groups is 2. The van der Waals surface area contributed by atoms with E-state index < -0.39 is 5.72 Å². The summed E-state index contributed by atoms with van der Waals surface area (Å²) in [5.41, 5.74) is 0.470. The number of benzene rings is 3. The zero-order valence-corrected chi connectivity index (χ0v) is 15.7. The monoisotopic (exact) mass is 375 g/mol. The number of amides is 1. The molecule has 2 N–H and O–H groups in total. The maximum atomic E-state index is 12.5. The Morgan fingerprint density at radius 2 is 1.89 bits per heavy atom. The smallest absolute Gasteiger partial charge is 0.229 e. The molecule has 1 aliphatic rings. The molecule has 0 aromatic heterocycles. The Kier molecular flexibility index (Phi) is 4.49. The van der Waals surface area contributed by atoms with E-state index in [-0.39, 0.29) is 18.1 Å². The van der Waals surface area contributed by atoms with Gasteiger partial charge < -0.3 is 10.4 Å². The van der Waals surface area contributed by atoms with Crippen molar-refractivity contribution in [1.82, 2.24) is 5.06 Å². The van der Waals surface area contributed by atoms with E-state index in [0.29, 0.717) is 11.5 Å². The minimum Gasteiger partial charge on any atom is -0.508 e. The number of carbonyl (C=O) groups is 1. The van der Waals surface area contributed by atoms with Gasteiger partial charge in [0, 0.05) is 24.4 Å². The lowest BCUT2D eigenvalue weighted by atomic mass is 10.0. The molecule has 1 aliphatic heterocycles. The van der Waals surface area contributed by atoms with Crippen LogP contribution in [0.1, 0.15) is 18.9 Å². The topological polar surface area (TPSA) is 74.2 Å². The van der Waals surface area contributed by atoms with Gasteiger partial charge in [0.05, 0.1) is 6.42 Å². The largest absolute Gasteiger partial charge is 0.508 e. The van der Waals surface area contributed by atoms with Gasteiger partial charge in [-0.25, -0.2) is 14.9 Å². The number of hydrogen-bond donors (Lipinski definition) is 2. The van der Waals surface area contributed by atoms with Crippen LogP contribution in [0.5, 0.6) is 5.75 Å². The molecule has 0 spiro atoms. The zero-order valence-electron chi connectivity index (χ0n) is 15.7. The van der Waals surface area contributed by atoms with Gasteiger partial charge in [0.2, 0.25) is 5.91 Å². The molecule has 142 valence electrons. The molecule has 0 aliphatic carbocycles. The Morgan fingerprint density at radius 3 is 2.71 bits per heavy atom. The Bertz CT molecular complexity index is 1070. The van der Waals surface area contributed by atoms with Gasteiger partial charge in [0.25, 0.3) is 0 Å². The number of phenols is 1. The van der Waals surface area contributed by atoms with E-state index in [1.165, 1.54) is 6.07 Å². The van der Waals surface area contributed by atoms with Crippen LogP contribution in [0.4, 0.5) is 5.69 Å². The first-order chi connectivity index (χ1) is 13.4. The van der Waals surface area contributed by atoms with Crippen LogP contribution >= 0.6 is 0 Å². The van der Waals surface area contributed by atoms with Crippen molar-refractivity contribution in [1.29, 1.82) is 0 Å². The highest BCUT2D eigenvalue weighted by atomic mass is 16.7. The highest BCUT2D eigenvalue weighted by Crippen LogP contribution is 2.31. The summed E-state index contributed by atoms with van der Waals surface area (Å²) in [5.74, 6) is 0.533. The predicted molar refractivity (Wildman–Crippen MR) is 109 cm³/mol. The van der Waals surface area contributed by atoms with Crippen LogP contribution in [0.15, 0.2) is 71.7 Å². The molecule has 0 saturated carbocycles. The SMILES string of the molecule is CN1OC(C)(CC(=O)Nc2cccc(O)c2)N=C1c1cccc2ccccc12. The van der Waals surface area contributed by atoms with Gasteiger partial charge in [-0.15, -0.1) is 0 Å². The summed E-state index contributed by atoms with van der Waals surface area (Å²) in [7, 11) is 1.79. The van der Waals surface area contributed by atoms with Crippen molar-refractivity contribution in [3.05, 3.63) is 72.3 Å². The Morgan fingerprint density at radius 1 is 1.14 bits per heavy atom. The highest BCUT2D eigenvalue weighted by Gasteiger charge is 2.38. The third-order valence-electron chi connectivity index (χ3n) is 4.62. The molecule has 1 heterocycles. The molecular weight excluding hydrogens is 354 g/mol. The van der Waals surface area contributed by atoms with Crippen molar-refractivity contribution in [3.8, 4) is 5.75 Å². The molecular formula is C22H21N3O3. The molecule has 6 nitrogen and oxygen atoms in total. The summed E-state index contributed by atoms with van der Waals surface area (Å²) < 4.78 is 0. The molecule has 0 radical (unpaired) electrons. The van der Waals surface area contributed by atoms with E-state index in [1.807, 2.05) is 30.3 Å². The van der Waals surface area contributed by atoms with Gasteiger partial charge in [-0.05, 0) is 29.8 Å². The molecule has 1 amide bonds. The van der Waals surface area contributed by atoms with Crippen LogP contribution in [-0.4, -0.2) is 34.7 Å². The van der Waals surface area contributed by atoms with Crippen LogP contribution in [0.25, 0.3) is 10.8 Å². The number of nitrogens with zero attached hydrogens (tertiary/aromatic N) is 2. The third-order valence-corrected chi connectivity index (χ3v) is 4.62. The summed E-state index contributed by atoms with van der Waals surface area (Å²) in [5, 5.41) is 16.1. The van der Waals surface area contributed by atoms with E-state index in [9.17, 15) is 9.90 Å². The number of rotatable bonds is 4. The van der Waals surface area contributed by atoms with E-state index in [0.717, 1.165) is 16.3 Å². The standard InChI is InChI=1S/C22H21N3O3/c1-22(14-20(27)23-16-9-6-10-17(26)13-16)24-21(25(2)28-22)19-12-5-8-15-7-3-4-11-18(15)19/h3-13,26H,14H2,1-2H3,(H,23,27). The molecule has 0 fully saturated rings. The lowest BCUT2D eigenvalue weighted by Crippen LogP contribution is -2.32. The number of hydrogen-bond acceptors (Lipinski definition) is 5. The Labute approximate surface area is 163 Å². The second-order valence-electron chi connectivity index (χ2n) is 7.00. The van der Waals surface area contributed by atoms with Crippen molar-refractivity contribution >= 4 is 28.2 Å². The maximum Gasteiger partial charge on any atom is 0.229 e. The summed E-state index contributed by atoms with van der Waals surface area (Å²) in [6.45, 7) is 1.78. The number of phenolic OH excluding ortho intramolecular Hbond substituents is 1. The summed E-state index contributed by atoms with van der Waals surface area (Å²) >= 11 is 0. The lowest BCUT2D eigenvalue weighted by Gasteiger charge is -2.21. The maximum absolute atomic E-state index is 12.5. The third kappa shape index (κ3) is 3.54. The van der Waals surface area contributed by atoms with Gasteiger partial charge in [0.1, 0.15) is 5.75 Å². The van der Waals surface area contributed by atoms with Crippen molar-refractivity contribution in [2.24, 2.45) is 4.99 Å². The highest BCUT2D eigenvalue weighted by molar-refractivity contribution is 6.10. The van der Waals surface area contributed by atoms with Gasteiger partial charge >= 0.3 is 0 Å². The van der Waals surface area contributed by atoms with E-state index in [2.05, 4.69) is 17.4 Å². The number of aromatic hydroxyl groups is 1. The molecule has 1 unspecified atom stereocenters. The zero-order chi connectivity index (χ0) is 19.7. The Balaban J connectivity index is 1.58. The molecule has 3 aromatic rings. The quantitative estimate of drug-likeness (QED) is 0.725. The van der Waals surface area contributed by atoms with Crippen LogP contribution < -0.4 is 5.32 Å². The average molecular weight is 375 g/mol. The van der Waals surface area contributed by atoms with E-state index >= 15 is 0 Å². The number of anilines is 1. The summed E-state index contributed by atoms with van der Waals surface area (Å²) in [4.78, 5) is 23.1. The van der Waals surface area contributed by atoms with Crippen LogP contribution in [0.3, 0.4) is 0 Å². The molecule has 28 heavy (non-hydrogen) atoms. The van der Waals surface area contributed by atoms with E-state index in [1.54, 1.807) is 37.2 Å². The minimum absolute atomic E-state index is 0.0429. The molecule has 6 heteroatoms. The first-order valence-corrected chi connectivity index (χ1v) is 9.03. The number of carbonyl (C=O) groups excluding carboxylic acids is 1. The van der Waals surface area contributed by atoms with Crippen LogP contribution in [0.2, 0.25) is 0 Å².